The molecule has 0 aliphatic carbocycles. The molecule has 8 nitrogen and oxygen atoms in total. The zero-order valence-electron chi connectivity index (χ0n) is 23.0. The normalized spacial score (nSPS) is 18.9. The summed E-state index contributed by atoms with van der Waals surface area (Å²) in [5.41, 5.74) is 2.33. The van der Waals surface area contributed by atoms with Crippen molar-refractivity contribution in [3.63, 3.8) is 0 Å². The van der Waals surface area contributed by atoms with E-state index in [1.54, 1.807) is 66.7 Å². The summed E-state index contributed by atoms with van der Waals surface area (Å²) in [6.07, 6.45) is 2.30. The molecule has 0 radical (unpaired) electrons. The third kappa shape index (κ3) is 5.65. The number of fused-ring (bicyclic) bond motifs is 1. The Morgan fingerprint density at radius 2 is 1.98 bits per heavy atom. The van der Waals surface area contributed by atoms with Crippen LogP contribution in [0.3, 0.4) is 0 Å². The number of Topliss-reactive ketones (excluding diaryl/α,β-unsaturated/α-hetero) is 1. The lowest BCUT2D eigenvalue weighted by atomic mass is 9.94. The Labute approximate surface area is 255 Å². The molecule has 43 heavy (non-hydrogen) atoms. The van der Waals surface area contributed by atoms with Crippen molar-refractivity contribution in [2.75, 3.05) is 11.5 Å². The average molecular weight is 616 g/mol. The summed E-state index contributed by atoms with van der Waals surface area (Å²) in [5.74, 6) is -0.663. The van der Waals surface area contributed by atoms with Crippen LogP contribution in [0.15, 0.2) is 89.3 Å². The number of carbonyl (C=O) groups is 2. The lowest BCUT2D eigenvalue weighted by Gasteiger charge is -2.22. The molecule has 2 unspecified atom stereocenters. The van der Waals surface area contributed by atoms with Gasteiger partial charge in [-0.2, -0.15) is 0 Å². The number of halogens is 1. The molecule has 2 atom stereocenters. The van der Waals surface area contributed by atoms with Crippen molar-refractivity contribution in [2.45, 2.75) is 35.6 Å². The van der Waals surface area contributed by atoms with Gasteiger partial charge in [0.1, 0.15) is 35.8 Å². The van der Waals surface area contributed by atoms with Gasteiger partial charge in [-0.3, -0.25) is 14.5 Å². The monoisotopic (exact) mass is 615 g/mol. The van der Waals surface area contributed by atoms with E-state index >= 15 is 0 Å². The quantitative estimate of drug-likeness (QED) is 0.0570. The van der Waals surface area contributed by atoms with E-state index in [4.69, 9.17) is 9.47 Å². The standard InChI is InChI=1S/C32H26FN3O5S2/c1-3-14-40-23-11-8-19(9-12-23)27-26(28(37)20-10-13-25-22(16-20)15-18(2)41-25)29(38)30(39)36(27)31-34-35-32(43-31)42-17-21-6-4-5-7-24(21)33/h3-13,16,18,27,37H,1,14-15,17H2,2H3/b28-26+. The van der Waals surface area contributed by atoms with Gasteiger partial charge in [0.2, 0.25) is 5.13 Å². The number of aliphatic hydroxyl groups is 1. The summed E-state index contributed by atoms with van der Waals surface area (Å²) in [6.45, 7) is 5.93. The molecule has 1 amide bonds. The Morgan fingerprint density at radius 3 is 2.74 bits per heavy atom. The Morgan fingerprint density at radius 1 is 1.19 bits per heavy atom. The first-order valence-electron chi connectivity index (χ1n) is 13.5. The summed E-state index contributed by atoms with van der Waals surface area (Å²) >= 11 is 2.39. The Bertz CT molecular complexity index is 1750. The fraction of sp³-hybridized carbons (Fsp3) is 0.188. The van der Waals surface area contributed by atoms with Gasteiger partial charge in [-0.25, -0.2) is 4.39 Å². The van der Waals surface area contributed by atoms with E-state index in [2.05, 4.69) is 16.8 Å². The molecule has 2 aliphatic rings. The van der Waals surface area contributed by atoms with Crippen LogP contribution in [0.2, 0.25) is 0 Å². The Balaban J connectivity index is 1.38. The summed E-state index contributed by atoms with van der Waals surface area (Å²) in [4.78, 5) is 28.4. The number of anilines is 1. The summed E-state index contributed by atoms with van der Waals surface area (Å²) < 4.78 is 26.0. The molecule has 3 aromatic carbocycles. The molecule has 0 saturated carbocycles. The maximum atomic E-state index is 14.1. The first kappa shape index (κ1) is 28.6. The summed E-state index contributed by atoms with van der Waals surface area (Å²) in [6, 6.07) is 17.6. The van der Waals surface area contributed by atoms with Gasteiger partial charge in [0, 0.05) is 17.7 Å². The predicted molar refractivity (Wildman–Crippen MR) is 163 cm³/mol. The minimum atomic E-state index is -0.978. The third-order valence-corrected chi connectivity index (χ3v) is 9.19. The van der Waals surface area contributed by atoms with Crippen molar-refractivity contribution < 1.29 is 28.6 Å². The number of nitrogens with zero attached hydrogens (tertiary/aromatic N) is 3. The van der Waals surface area contributed by atoms with Crippen LogP contribution in [0.25, 0.3) is 5.76 Å². The molecule has 1 fully saturated rings. The predicted octanol–water partition coefficient (Wildman–Crippen LogP) is 6.48. The van der Waals surface area contributed by atoms with E-state index in [0.29, 0.717) is 45.6 Å². The van der Waals surface area contributed by atoms with Crippen LogP contribution in [0.5, 0.6) is 11.5 Å². The number of carbonyl (C=O) groups excluding carboxylic acids is 2. The molecule has 4 aromatic rings. The number of ether oxygens (including phenoxy) is 2. The van der Waals surface area contributed by atoms with Crippen LogP contribution in [0.4, 0.5) is 9.52 Å². The minimum absolute atomic E-state index is 0.00245. The third-order valence-electron chi connectivity index (χ3n) is 7.09. The highest BCUT2D eigenvalue weighted by atomic mass is 32.2. The first-order valence-corrected chi connectivity index (χ1v) is 15.3. The van der Waals surface area contributed by atoms with Crippen LogP contribution in [0, 0.1) is 5.82 Å². The molecule has 0 bridgehead atoms. The molecular formula is C32H26FN3O5S2. The fourth-order valence-electron chi connectivity index (χ4n) is 5.08. The van der Waals surface area contributed by atoms with Gasteiger partial charge in [0.25, 0.3) is 5.78 Å². The average Bonchev–Trinajstić information content (AvgIpc) is 3.70. The molecule has 218 valence electrons. The van der Waals surface area contributed by atoms with E-state index in [0.717, 1.165) is 22.6 Å². The number of hydrogen-bond donors (Lipinski definition) is 1. The first-order chi connectivity index (χ1) is 20.8. The second-order valence-electron chi connectivity index (χ2n) is 10.0. The van der Waals surface area contributed by atoms with Gasteiger partial charge in [-0.1, -0.05) is 66.1 Å². The molecule has 11 heteroatoms. The minimum Gasteiger partial charge on any atom is -0.507 e. The molecule has 3 heterocycles. The maximum absolute atomic E-state index is 14.1. The number of thioether (sulfide) groups is 1. The molecule has 1 aromatic heterocycles. The number of benzene rings is 3. The van der Waals surface area contributed by atoms with Gasteiger partial charge in [0.15, 0.2) is 4.34 Å². The van der Waals surface area contributed by atoms with E-state index in [1.807, 2.05) is 6.92 Å². The van der Waals surface area contributed by atoms with Crippen LogP contribution in [0.1, 0.15) is 35.2 Å². The van der Waals surface area contributed by atoms with Gasteiger partial charge in [0.05, 0.1) is 11.6 Å². The van der Waals surface area contributed by atoms with Crippen molar-refractivity contribution >= 4 is 45.7 Å². The van der Waals surface area contributed by atoms with Crippen molar-refractivity contribution in [1.29, 1.82) is 0 Å². The lowest BCUT2D eigenvalue weighted by Crippen LogP contribution is -2.29. The number of ketones is 1. The summed E-state index contributed by atoms with van der Waals surface area (Å²) in [5, 5.41) is 20.2. The highest BCUT2D eigenvalue weighted by molar-refractivity contribution is 8.00. The number of aromatic nitrogens is 2. The molecule has 0 spiro atoms. The van der Waals surface area contributed by atoms with Crippen LogP contribution >= 0.6 is 23.1 Å². The highest BCUT2D eigenvalue weighted by Crippen LogP contribution is 2.45. The van der Waals surface area contributed by atoms with Crippen molar-refractivity contribution in [1.82, 2.24) is 10.2 Å². The van der Waals surface area contributed by atoms with Crippen molar-refractivity contribution in [3.05, 3.63) is 113 Å². The van der Waals surface area contributed by atoms with Gasteiger partial charge < -0.3 is 14.6 Å². The Hall–Kier alpha value is -4.48. The van der Waals surface area contributed by atoms with E-state index < -0.39 is 17.7 Å². The van der Waals surface area contributed by atoms with E-state index in [-0.39, 0.29) is 28.4 Å². The zero-order chi connectivity index (χ0) is 30.1. The van der Waals surface area contributed by atoms with Crippen LogP contribution in [-0.2, 0) is 21.8 Å². The number of aliphatic hydroxyl groups excluding tert-OH is 1. The molecular weight excluding hydrogens is 590 g/mol. The van der Waals surface area contributed by atoms with Crippen molar-refractivity contribution in [3.8, 4) is 11.5 Å². The van der Waals surface area contributed by atoms with Crippen molar-refractivity contribution in [2.24, 2.45) is 0 Å². The van der Waals surface area contributed by atoms with E-state index in [1.165, 1.54) is 22.7 Å². The van der Waals surface area contributed by atoms with Gasteiger partial charge in [-0.05, 0) is 60.0 Å². The largest absolute Gasteiger partial charge is 0.507 e. The topological polar surface area (TPSA) is 102 Å². The van der Waals surface area contributed by atoms with Crippen LogP contribution < -0.4 is 14.4 Å². The van der Waals surface area contributed by atoms with Crippen LogP contribution in [-0.4, -0.2) is 39.7 Å². The number of hydrogen-bond acceptors (Lipinski definition) is 9. The molecule has 1 saturated heterocycles. The lowest BCUT2D eigenvalue weighted by molar-refractivity contribution is -0.132. The van der Waals surface area contributed by atoms with Gasteiger partial charge in [-0.15, -0.1) is 10.2 Å². The SMILES string of the molecule is C=CCOc1ccc(C2/C(=C(\O)c3ccc4c(c3)CC(C)O4)C(=O)C(=O)N2c2nnc(SCc3ccccc3F)s2)cc1. The second-order valence-corrected chi connectivity index (χ2v) is 12.2. The Kier molecular flexibility index (Phi) is 8.00. The molecule has 6 rings (SSSR count). The highest BCUT2D eigenvalue weighted by Gasteiger charge is 2.48. The molecule has 1 N–H and O–H groups in total. The maximum Gasteiger partial charge on any atom is 0.301 e. The number of rotatable bonds is 9. The van der Waals surface area contributed by atoms with Gasteiger partial charge >= 0.3 is 5.91 Å². The fourth-order valence-corrected chi connectivity index (χ4v) is 6.94. The number of amides is 1. The second kappa shape index (κ2) is 12.0. The zero-order valence-corrected chi connectivity index (χ0v) is 24.7. The molecule has 2 aliphatic heterocycles. The smallest absolute Gasteiger partial charge is 0.301 e. The van der Waals surface area contributed by atoms with E-state index in [9.17, 15) is 19.1 Å². The summed E-state index contributed by atoms with van der Waals surface area (Å²) in [7, 11) is 0.